The molecule has 1 saturated carbocycles. The molecule has 0 unspecified atom stereocenters. The van der Waals surface area contributed by atoms with Crippen molar-refractivity contribution in [2.75, 3.05) is 14.2 Å². The number of benzene rings is 1. The molecule has 180 valence electrons. The van der Waals surface area contributed by atoms with Crippen LogP contribution in [0.25, 0.3) is 10.9 Å². The minimum Gasteiger partial charge on any atom is -0.493 e. The summed E-state index contributed by atoms with van der Waals surface area (Å²) < 4.78 is 12.6. The number of carboxylic acid groups (broad SMARTS) is 1. The molecule has 1 aromatic heterocycles. The first-order chi connectivity index (χ1) is 15.9. The van der Waals surface area contributed by atoms with Crippen LogP contribution in [0.4, 0.5) is 0 Å². The molecule has 0 radical (unpaired) electrons. The number of methoxy groups -OCH3 is 2. The number of hydrogen-bond acceptors (Lipinski definition) is 5. The summed E-state index contributed by atoms with van der Waals surface area (Å²) in [6, 6.07) is 5.04. The third-order valence-corrected chi connectivity index (χ3v) is 6.55. The van der Waals surface area contributed by atoms with Gasteiger partial charge in [0.05, 0.1) is 19.7 Å². The summed E-state index contributed by atoms with van der Waals surface area (Å²) in [5, 5.41) is 13.2. The van der Waals surface area contributed by atoms with Crippen molar-refractivity contribution in [2.24, 2.45) is 0 Å². The second-order valence-corrected chi connectivity index (χ2v) is 8.72. The van der Waals surface area contributed by atoms with Gasteiger partial charge in [-0.1, -0.05) is 45.4 Å². The fourth-order valence-corrected chi connectivity index (χ4v) is 4.69. The van der Waals surface area contributed by atoms with Gasteiger partial charge in [0.15, 0.2) is 11.5 Å². The number of ether oxygens (including phenoxy) is 2. The number of hydrogen-bond donors (Lipinski definition) is 2. The highest BCUT2D eigenvalue weighted by Crippen LogP contribution is 2.35. The largest absolute Gasteiger partial charge is 0.493 e. The van der Waals surface area contributed by atoms with Crippen LogP contribution in [0.2, 0.25) is 0 Å². The Balaban J connectivity index is 2.10. The summed E-state index contributed by atoms with van der Waals surface area (Å²) in [6.07, 6.45) is 6.94. The summed E-state index contributed by atoms with van der Waals surface area (Å²) in [4.78, 5) is 38.8. The van der Waals surface area contributed by atoms with Crippen molar-refractivity contribution in [3.8, 4) is 11.5 Å². The van der Waals surface area contributed by atoms with E-state index in [1.54, 1.807) is 16.7 Å². The third-order valence-electron chi connectivity index (χ3n) is 6.55. The Hall–Kier alpha value is -3.03. The van der Waals surface area contributed by atoms with E-state index in [2.05, 4.69) is 12.2 Å². The average molecular weight is 459 g/mol. The highest BCUT2D eigenvalue weighted by Gasteiger charge is 2.41. The average Bonchev–Trinajstić information content (AvgIpc) is 2.82. The zero-order valence-electron chi connectivity index (χ0n) is 19.7. The molecular weight excluding hydrogens is 424 g/mol. The Morgan fingerprint density at radius 2 is 1.82 bits per heavy atom. The number of rotatable bonds is 10. The minimum absolute atomic E-state index is 0.0589. The van der Waals surface area contributed by atoms with Gasteiger partial charge in [0.2, 0.25) is 0 Å². The van der Waals surface area contributed by atoms with Crippen molar-refractivity contribution >= 4 is 22.8 Å². The summed E-state index contributed by atoms with van der Waals surface area (Å²) >= 11 is 0. The smallest absolute Gasteiger partial charge is 0.329 e. The van der Waals surface area contributed by atoms with Crippen LogP contribution in [0.5, 0.6) is 11.5 Å². The highest BCUT2D eigenvalue weighted by atomic mass is 16.5. The molecule has 3 rings (SSSR count). The van der Waals surface area contributed by atoms with Gasteiger partial charge in [0.25, 0.3) is 11.5 Å². The maximum absolute atomic E-state index is 13.5. The van der Waals surface area contributed by atoms with Gasteiger partial charge in [-0.05, 0) is 37.5 Å². The summed E-state index contributed by atoms with van der Waals surface area (Å²) in [6.45, 7) is 2.54. The molecule has 33 heavy (non-hydrogen) atoms. The van der Waals surface area contributed by atoms with E-state index < -0.39 is 23.0 Å². The van der Waals surface area contributed by atoms with Gasteiger partial charge in [-0.25, -0.2) is 4.79 Å². The maximum Gasteiger partial charge on any atom is 0.329 e. The molecule has 8 nitrogen and oxygen atoms in total. The van der Waals surface area contributed by atoms with Crippen LogP contribution in [-0.2, 0) is 11.3 Å². The highest BCUT2D eigenvalue weighted by molar-refractivity contribution is 6.01. The maximum atomic E-state index is 13.5. The van der Waals surface area contributed by atoms with Crippen LogP contribution in [0, 0.1) is 0 Å². The standard InChI is InChI=1S/C25H34N2O6/c1-4-5-6-10-15-27-20-17(11-12-19(32-2)21(20)33-3)16-18(23(27)29)22(28)26-25(24(30)31)13-8-7-9-14-25/h11-12,16H,4-10,13-15H2,1-3H3,(H,26,28)(H,30,31). The lowest BCUT2D eigenvalue weighted by Crippen LogP contribution is -2.56. The lowest BCUT2D eigenvalue weighted by atomic mass is 9.81. The summed E-state index contributed by atoms with van der Waals surface area (Å²) in [5.74, 6) is -0.772. The van der Waals surface area contributed by atoms with Crippen LogP contribution >= 0.6 is 0 Å². The molecule has 2 N–H and O–H groups in total. The van der Waals surface area contributed by atoms with Gasteiger partial charge in [-0.2, -0.15) is 0 Å². The van der Waals surface area contributed by atoms with Crippen LogP contribution < -0.4 is 20.3 Å². The fourth-order valence-electron chi connectivity index (χ4n) is 4.69. The van der Waals surface area contributed by atoms with Gasteiger partial charge in [0.1, 0.15) is 11.1 Å². The van der Waals surface area contributed by atoms with Crippen LogP contribution in [-0.4, -0.2) is 41.3 Å². The lowest BCUT2D eigenvalue weighted by molar-refractivity contribution is -0.145. The number of unbranched alkanes of at least 4 members (excludes halogenated alkanes) is 3. The molecule has 0 saturated heterocycles. The van der Waals surface area contributed by atoms with E-state index in [0.29, 0.717) is 41.8 Å². The normalized spacial score (nSPS) is 15.2. The Bertz CT molecular complexity index is 1070. The van der Waals surface area contributed by atoms with Crippen molar-refractivity contribution < 1.29 is 24.2 Å². The Labute approximate surface area is 193 Å². The van der Waals surface area contributed by atoms with E-state index in [-0.39, 0.29) is 5.56 Å². The molecule has 0 bridgehead atoms. The molecule has 2 aromatic rings. The summed E-state index contributed by atoms with van der Waals surface area (Å²) in [5.41, 5.74) is -1.28. The predicted molar refractivity (Wildman–Crippen MR) is 126 cm³/mol. The minimum atomic E-state index is -1.33. The van der Waals surface area contributed by atoms with E-state index in [9.17, 15) is 19.5 Å². The molecule has 0 atom stereocenters. The third kappa shape index (κ3) is 4.99. The van der Waals surface area contributed by atoms with Crippen molar-refractivity contribution in [2.45, 2.75) is 76.8 Å². The zero-order valence-corrected chi connectivity index (χ0v) is 19.7. The molecule has 1 aromatic carbocycles. The van der Waals surface area contributed by atoms with Crippen LogP contribution in [0.15, 0.2) is 23.0 Å². The molecule has 8 heteroatoms. The second kappa shape index (κ2) is 10.7. The molecule has 1 amide bonds. The van der Waals surface area contributed by atoms with E-state index in [4.69, 9.17) is 9.47 Å². The van der Waals surface area contributed by atoms with Crippen molar-refractivity contribution in [3.05, 3.63) is 34.1 Å². The topological polar surface area (TPSA) is 107 Å². The fraction of sp³-hybridized carbons (Fsp3) is 0.560. The van der Waals surface area contributed by atoms with Crippen molar-refractivity contribution in [1.29, 1.82) is 0 Å². The number of carboxylic acids is 1. The molecule has 1 fully saturated rings. The van der Waals surface area contributed by atoms with Gasteiger partial charge in [0, 0.05) is 11.9 Å². The monoisotopic (exact) mass is 458 g/mol. The van der Waals surface area contributed by atoms with Gasteiger partial charge < -0.3 is 24.5 Å². The zero-order chi connectivity index (χ0) is 24.0. The first-order valence-electron chi connectivity index (χ1n) is 11.7. The SMILES string of the molecule is CCCCCCn1c(=O)c(C(=O)NC2(C(=O)O)CCCCC2)cc2ccc(OC)c(OC)c21. The first kappa shape index (κ1) is 24.6. The number of pyridine rings is 1. The number of aliphatic carboxylic acids is 1. The number of nitrogens with one attached hydrogen (secondary N) is 1. The second-order valence-electron chi connectivity index (χ2n) is 8.72. The van der Waals surface area contributed by atoms with E-state index in [0.717, 1.165) is 44.9 Å². The number of carbonyl (C=O) groups excluding carboxylic acids is 1. The van der Waals surface area contributed by atoms with Gasteiger partial charge in [-0.3, -0.25) is 9.59 Å². The van der Waals surface area contributed by atoms with E-state index in [1.165, 1.54) is 20.3 Å². The molecule has 0 spiro atoms. The van der Waals surface area contributed by atoms with E-state index >= 15 is 0 Å². The van der Waals surface area contributed by atoms with E-state index in [1.807, 2.05) is 0 Å². The number of amides is 1. The lowest BCUT2D eigenvalue weighted by Gasteiger charge is -2.34. The Morgan fingerprint density at radius 1 is 1.09 bits per heavy atom. The first-order valence-corrected chi connectivity index (χ1v) is 11.7. The molecule has 1 aliphatic carbocycles. The Kier molecular flexibility index (Phi) is 8.00. The number of aromatic nitrogens is 1. The molecular formula is C25H34N2O6. The molecule has 0 aliphatic heterocycles. The van der Waals surface area contributed by atoms with Gasteiger partial charge in [-0.15, -0.1) is 0 Å². The number of nitrogens with zero attached hydrogens (tertiary/aromatic N) is 1. The summed E-state index contributed by atoms with van der Waals surface area (Å²) in [7, 11) is 3.05. The van der Waals surface area contributed by atoms with Crippen molar-refractivity contribution in [3.63, 3.8) is 0 Å². The number of carbonyl (C=O) groups is 2. The van der Waals surface area contributed by atoms with Gasteiger partial charge >= 0.3 is 5.97 Å². The number of aryl methyl sites for hydroxylation is 1. The predicted octanol–water partition coefficient (Wildman–Crippen LogP) is 4.12. The van der Waals surface area contributed by atoms with Crippen LogP contribution in [0.3, 0.4) is 0 Å². The molecule has 1 aliphatic rings. The van der Waals surface area contributed by atoms with Crippen LogP contribution in [0.1, 0.15) is 75.1 Å². The van der Waals surface area contributed by atoms with Crippen molar-refractivity contribution in [1.82, 2.24) is 9.88 Å². The quantitative estimate of drug-likeness (QED) is 0.519. The number of fused-ring (bicyclic) bond motifs is 1. The Morgan fingerprint density at radius 3 is 2.42 bits per heavy atom. The molecule has 1 heterocycles.